The van der Waals surface area contributed by atoms with Crippen molar-refractivity contribution in [2.24, 2.45) is 5.92 Å². The summed E-state index contributed by atoms with van der Waals surface area (Å²) in [6.45, 7) is 8.41. The molecule has 0 radical (unpaired) electrons. The van der Waals surface area contributed by atoms with Crippen molar-refractivity contribution < 1.29 is 37.3 Å². The van der Waals surface area contributed by atoms with Crippen LogP contribution in [-0.4, -0.2) is 102 Å². The van der Waals surface area contributed by atoms with Crippen LogP contribution in [0.15, 0.2) is 23.4 Å². The van der Waals surface area contributed by atoms with E-state index >= 15 is 0 Å². The second-order valence-corrected chi connectivity index (χ2v) is 11.9. The molecule has 0 aliphatic carbocycles. The fourth-order valence-electron chi connectivity index (χ4n) is 4.52. The van der Waals surface area contributed by atoms with Crippen LogP contribution in [0.4, 0.5) is 23.7 Å². The number of alkyl carbamates (subject to hydrolysis) is 1. The average Bonchev–Trinajstić information content (AvgIpc) is 3.23. The van der Waals surface area contributed by atoms with Crippen molar-refractivity contribution >= 4 is 29.2 Å². The van der Waals surface area contributed by atoms with E-state index in [1.807, 2.05) is 0 Å². The van der Waals surface area contributed by atoms with Gasteiger partial charge in [0, 0.05) is 37.2 Å². The number of pyridine rings is 1. The minimum Gasteiger partial charge on any atom is -0.444 e. The number of alkyl halides is 3. The molecule has 0 bridgehead atoms. The van der Waals surface area contributed by atoms with Gasteiger partial charge in [0.05, 0.1) is 38.7 Å². The number of nitrogens with zero attached hydrogens (tertiary/aromatic N) is 3. The lowest BCUT2D eigenvalue weighted by atomic mass is 9.89. The molecule has 0 aromatic carbocycles. The molecule has 1 saturated heterocycles. The highest BCUT2D eigenvalue weighted by atomic mass is 32.2. The number of nitrogens with one attached hydrogen (secondary N) is 2. The molecule has 2 aromatic heterocycles. The zero-order chi connectivity index (χ0) is 30.8. The van der Waals surface area contributed by atoms with E-state index in [0.717, 1.165) is 25.9 Å². The molecule has 3 heterocycles. The maximum atomic E-state index is 13.5. The second-order valence-electron chi connectivity index (χ2n) is 10.9. The van der Waals surface area contributed by atoms with Crippen LogP contribution >= 0.6 is 11.8 Å². The molecule has 3 N–H and O–H groups in total. The van der Waals surface area contributed by atoms with Gasteiger partial charge in [0.2, 0.25) is 0 Å². The molecule has 3 rings (SSSR count). The third-order valence-corrected chi connectivity index (χ3v) is 7.08. The summed E-state index contributed by atoms with van der Waals surface area (Å²) in [7, 11) is 2.06. The Morgan fingerprint density at radius 3 is 2.64 bits per heavy atom. The van der Waals surface area contributed by atoms with E-state index in [1.165, 1.54) is 10.6 Å². The van der Waals surface area contributed by atoms with Crippen molar-refractivity contribution in [3.63, 3.8) is 0 Å². The number of piperidine rings is 1. The van der Waals surface area contributed by atoms with Gasteiger partial charge in [0.1, 0.15) is 16.3 Å². The molecular formula is C28H40F3N5O5S. The number of carbonyl (C=O) groups is 1. The molecule has 10 nitrogen and oxygen atoms in total. The normalized spacial score (nSPS) is 18.0. The molecule has 1 aliphatic rings. The highest BCUT2D eigenvalue weighted by Gasteiger charge is 2.34. The Hall–Kier alpha value is -2.70. The zero-order valence-electron chi connectivity index (χ0n) is 24.4. The van der Waals surface area contributed by atoms with E-state index in [9.17, 15) is 18.0 Å². The Kier molecular flexibility index (Phi) is 12.6. The van der Waals surface area contributed by atoms with Gasteiger partial charge in [-0.3, -0.25) is 4.40 Å². The number of anilines is 1. The molecule has 2 atom stereocenters. The van der Waals surface area contributed by atoms with Gasteiger partial charge in [0.15, 0.2) is 5.65 Å². The smallest absolute Gasteiger partial charge is 0.444 e. The third-order valence-electron chi connectivity index (χ3n) is 6.26. The molecule has 42 heavy (non-hydrogen) atoms. The lowest BCUT2D eigenvalue weighted by Gasteiger charge is -2.37. The first-order chi connectivity index (χ1) is 19.9. The summed E-state index contributed by atoms with van der Waals surface area (Å²) in [5, 5.41) is 14.7. The Bertz CT molecular complexity index is 1220. The standard InChI is InChI=1S/C28H40F3N5O5S/c1-27(2,3)41-26(38)32-11-5-7-23-25(42-28(29,30)31)36-12-6-8-22(24(36)34-23)33-21-9-13-35(4)19-20(21)10-15-39-17-18-40-16-14-37/h6,8,12,20-21,33,37H,9-11,13-19H2,1-4H3,(H,32,38). The van der Waals surface area contributed by atoms with Gasteiger partial charge in [-0.1, -0.05) is 5.92 Å². The number of ether oxygens (including phenoxy) is 3. The highest BCUT2D eigenvalue weighted by Crippen LogP contribution is 2.39. The maximum Gasteiger partial charge on any atom is 0.447 e. The van der Waals surface area contributed by atoms with E-state index in [4.69, 9.17) is 19.3 Å². The molecular weight excluding hydrogens is 575 g/mol. The molecule has 2 aromatic rings. The van der Waals surface area contributed by atoms with Gasteiger partial charge in [-0.25, -0.2) is 9.78 Å². The highest BCUT2D eigenvalue weighted by molar-refractivity contribution is 8.00. The van der Waals surface area contributed by atoms with Crippen molar-refractivity contribution in [1.82, 2.24) is 19.6 Å². The summed E-state index contributed by atoms with van der Waals surface area (Å²) in [5.74, 6) is 5.61. The Morgan fingerprint density at radius 2 is 1.95 bits per heavy atom. The largest absolute Gasteiger partial charge is 0.447 e. The Labute approximate surface area is 248 Å². The molecule has 2 unspecified atom stereocenters. The van der Waals surface area contributed by atoms with Crippen LogP contribution in [0.25, 0.3) is 5.65 Å². The predicted molar refractivity (Wildman–Crippen MR) is 155 cm³/mol. The molecule has 0 spiro atoms. The number of fused-ring (bicyclic) bond motifs is 1. The number of likely N-dealkylation sites (tertiary alicyclic amines) is 1. The van der Waals surface area contributed by atoms with E-state index < -0.39 is 17.2 Å². The van der Waals surface area contributed by atoms with Crippen LogP contribution in [0.3, 0.4) is 0 Å². The van der Waals surface area contributed by atoms with Crippen LogP contribution in [-0.2, 0) is 14.2 Å². The predicted octanol–water partition coefficient (Wildman–Crippen LogP) is 3.97. The average molecular weight is 616 g/mol. The number of hydrogen-bond acceptors (Lipinski definition) is 9. The molecule has 14 heteroatoms. The Balaban J connectivity index is 1.77. The van der Waals surface area contributed by atoms with Crippen LogP contribution < -0.4 is 10.6 Å². The number of carbonyl (C=O) groups excluding carboxylic acids is 1. The summed E-state index contributed by atoms with van der Waals surface area (Å²) in [5.41, 5.74) is -4.32. The van der Waals surface area contributed by atoms with E-state index in [2.05, 4.69) is 39.4 Å². The topological polar surface area (TPSA) is 110 Å². The SMILES string of the molecule is CN1CCC(Nc2cccn3c(SC(F)(F)F)c(C#CCNC(=O)OC(C)(C)C)nc23)C(CCOCCOCCO)C1. The maximum absolute atomic E-state index is 13.5. The van der Waals surface area contributed by atoms with Gasteiger partial charge in [-0.15, -0.1) is 0 Å². The number of hydrogen-bond donors (Lipinski definition) is 3. The summed E-state index contributed by atoms with van der Waals surface area (Å²) in [6.07, 6.45) is 2.49. The summed E-state index contributed by atoms with van der Waals surface area (Å²) >= 11 is -0.277. The van der Waals surface area contributed by atoms with E-state index in [-0.39, 0.29) is 54.2 Å². The number of rotatable bonds is 12. The van der Waals surface area contributed by atoms with Gasteiger partial charge in [-0.2, -0.15) is 13.2 Å². The number of halogens is 3. The summed E-state index contributed by atoms with van der Waals surface area (Å²) in [4.78, 5) is 18.6. The van der Waals surface area contributed by atoms with Crippen molar-refractivity contribution in [3.05, 3.63) is 24.0 Å². The van der Waals surface area contributed by atoms with E-state index in [0.29, 0.717) is 31.2 Å². The minimum absolute atomic E-state index is 0.0270. The third kappa shape index (κ3) is 11.2. The Morgan fingerprint density at radius 1 is 1.21 bits per heavy atom. The van der Waals surface area contributed by atoms with Crippen molar-refractivity contribution in [2.75, 3.05) is 65.0 Å². The fourth-order valence-corrected chi connectivity index (χ4v) is 5.18. The summed E-state index contributed by atoms with van der Waals surface area (Å²) in [6, 6.07) is 3.54. The van der Waals surface area contributed by atoms with Crippen LogP contribution in [0, 0.1) is 17.8 Å². The number of amides is 1. The number of aliphatic hydroxyl groups excluding tert-OH is 1. The minimum atomic E-state index is -4.55. The van der Waals surface area contributed by atoms with E-state index in [1.54, 1.807) is 32.9 Å². The zero-order valence-corrected chi connectivity index (χ0v) is 25.2. The molecule has 1 aliphatic heterocycles. The molecule has 234 valence electrons. The van der Waals surface area contributed by atoms with Gasteiger partial charge in [-0.05, 0) is 71.2 Å². The van der Waals surface area contributed by atoms with Crippen molar-refractivity contribution in [2.45, 2.75) is 55.8 Å². The van der Waals surface area contributed by atoms with Gasteiger partial charge >= 0.3 is 11.6 Å². The lowest BCUT2D eigenvalue weighted by molar-refractivity contribution is -0.0330. The number of imidazole rings is 1. The number of aliphatic hydroxyl groups is 1. The van der Waals surface area contributed by atoms with Gasteiger partial charge < -0.3 is 34.9 Å². The summed E-state index contributed by atoms with van der Waals surface area (Å²) < 4.78 is 58.1. The van der Waals surface area contributed by atoms with Crippen molar-refractivity contribution in [1.29, 1.82) is 0 Å². The van der Waals surface area contributed by atoms with Crippen LogP contribution in [0.1, 0.15) is 39.3 Å². The first-order valence-corrected chi connectivity index (χ1v) is 14.6. The van der Waals surface area contributed by atoms with Crippen LogP contribution in [0.2, 0.25) is 0 Å². The first-order valence-electron chi connectivity index (χ1n) is 13.8. The van der Waals surface area contributed by atoms with Gasteiger partial charge in [0.25, 0.3) is 0 Å². The number of thioether (sulfide) groups is 1. The van der Waals surface area contributed by atoms with Crippen LogP contribution in [0.5, 0.6) is 0 Å². The molecule has 0 saturated carbocycles. The second kappa shape index (κ2) is 15.7. The quantitative estimate of drug-likeness (QED) is 0.186. The fraction of sp³-hybridized carbons (Fsp3) is 0.643. The molecule has 1 amide bonds. The van der Waals surface area contributed by atoms with Crippen molar-refractivity contribution in [3.8, 4) is 11.8 Å². The molecule has 1 fully saturated rings. The number of aromatic nitrogens is 2. The monoisotopic (exact) mass is 615 g/mol. The first kappa shape index (κ1) is 33.8. The lowest BCUT2D eigenvalue weighted by Crippen LogP contribution is -2.45.